The lowest BCUT2D eigenvalue weighted by Gasteiger charge is -2.12. The number of nitriles is 1. The number of rotatable bonds is 5. The van der Waals surface area contributed by atoms with Crippen molar-refractivity contribution >= 4 is 22.1 Å². The Bertz CT molecular complexity index is 1030. The fraction of sp³-hybridized carbons (Fsp3) is 0.0625. The minimum atomic E-state index is -5.12. The van der Waals surface area contributed by atoms with Crippen LogP contribution in [0.25, 0.3) is 11.1 Å². The highest BCUT2D eigenvalue weighted by atomic mass is 32.2. The van der Waals surface area contributed by atoms with Crippen molar-refractivity contribution in [2.24, 2.45) is 5.73 Å². The molecule has 134 valence electrons. The third kappa shape index (κ3) is 3.55. The van der Waals surface area contributed by atoms with Crippen molar-refractivity contribution in [2.45, 2.75) is 11.4 Å². The van der Waals surface area contributed by atoms with Gasteiger partial charge in [-0.1, -0.05) is 12.1 Å². The molecular weight excluding hydrogens is 364 g/mol. The molecule has 0 aromatic heterocycles. The fourth-order valence-electron chi connectivity index (χ4n) is 2.44. The number of aromatic carboxylic acids is 2. The molecule has 0 spiro atoms. The molecule has 2 aromatic carbocycles. The summed E-state index contributed by atoms with van der Waals surface area (Å²) in [6.07, 6.45) is 0. The molecule has 2 rings (SSSR count). The molecule has 26 heavy (non-hydrogen) atoms. The Labute approximate surface area is 147 Å². The Morgan fingerprint density at radius 2 is 1.62 bits per heavy atom. The second-order valence-corrected chi connectivity index (χ2v) is 6.54. The average molecular weight is 376 g/mol. The van der Waals surface area contributed by atoms with Crippen LogP contribution in [-0.2, 0) is 16.7 Å². The number of benzene rings is 2. The van der Waals surface area contributed by atoms with E-state index in [-0.39, 0.29) is 23.2 Å². The summed E-state index contributed by atoms with van der Waals surface area (Å²) >= 11 is 0. The first-order valence-corrected chi connectivity index (χ1v) is 8.39. The van der Waals surface area contributed by atoms with E-state index < -0.39 is 38.1 Å². The van der Waals surface area contributed by atoms with Crippen LogP contribution in [0.5, 0.6) is 0 Å². The van der Waals surface area contributed by atoms with Gasteiger partial charge in [-0.2, -0.15) is 13.7 Å². The lowest BCUT2D eigenvalue weighted by Crippen LogP contribution is -2.15. The molecule has 0 aliphatic rings. The van der Waals surface area contributed by atoms with Crippen LogP contribution in [0.1, 0.15) is 31.8 Å². The fourth-order valence-corrected chi connectivity index (χ4v) is 3.29. The Kier molecular flexibility index (Phi) is 5.08. The highest BCUT2D eigenvalue weighted by Crippen LogP contribution is 2.31. The van der Waals surface area contributed by atoms with Gasteiger partial charge in [0.25, 0.3) is 10.1 Å². The van der Waals surface area contributed by atoms with Gasteiger partial charge in [0.05, 0.1) is 22.8 Å². The minimum Gasteiger partial charge on any atom is -0.478 e. The van der Waals surface area contributed by atoms with Gasteiger partial charge in [-0.05, 0) is 34.9 Å². The van der Waals surface area contributed by atoms with Gasteiger partial charge in [0, 0.05) is 6.54 Å². The van der Waals surface area contributed by atoms with Gasteiger partial charge in [0.15, 0.2) is 0 Å². The predicted molar refractivity (Wildman–Crippen MR) is 88.2 cm³/mol. The number of nitrogens with two attached hydrogens (primary N) is 1. The van der Waals surface area contributed by atoms with Crippen LogP contribution in [0.4, 0.5) is 0 Å². The monoisotopic (exact) mass is 376 g/mol. The van der Waals surface area contributed by atoms with Crippen LogP contribution in [0.15, 0.2) is 35.2 Å². The highest BCUT2D eigenvalue weighted by Gasteiger charge is 2.29. The number of carboxylic acids is 2. The van der Waals surface area contributed by atoms with Gasteiger partial charge < -0.3 is 15.9 Å². The quantitative estimate of drug-likeness (QED) is 0.560. The van der Waals surface area contributed by atoms with E-state index in [2.05, 4.69) is 0 Å². The second kappa shape index (κ2) is 6.93. The maximum Gasteiger partial charge on any atom is 0.337 e. The highest BCUT2D eigenvalue weighted by molar-refractivity contribution is 7.86. The van der Waals surface area contributed by atoms with E-state index in [0.717, 1.165) is 12.1 Å². The SMILES string of the molecule is N#Cc1cc(CN)ccc1-c1cc(C(=O)O)c(S(=O)(=O)O)c(C(=O)O)c1. The van der Waals surface area contributed by atoms with Crippen LogP contribution in [-0.4, -0.2) is 35.1 Å². The first-order valence-electron chi connectivity index (χ1n) is 6.95. The van der Waals surface area contributed by atoms with Crippen molar-refractivity contribution in [1.29, 1.82) is 5.26 Å². The molecular formula is C16H12N2O7S. The second-order valence-electron chi connectivity index (χ2n) is 5.18. The lowest BCUT2D eigenvalue weighted by atomic mass is 9.95. The van der Waals surface area contributed by atoms with Crippen molar-refractivity contribution in [3.05, 3.63) is 52.6 Å². The van der Waals surface area contributed by atoms with Crippen LogP contribution in [0, 0.1) is 11.3 Å². The molecule has 0 atom stereocenters. The van der Waals surface area contributed by atoms with E-state index in [9.17, 15) is 38.0 Å². The molecule has 9 nitrogen and oxygen atoms in total. The maximum atomic E-state index is 11.5. The molecule has 0 heterocycles. The Morgan fingerprint density at radius 3 is 2.00 bits per heavy atom. The number of hydrogen-bond acceptors (Lipinski definition) is 6. The van der Waals surface area contributed by atoms with E-state index >= 15 is 0 Å². The molecule has 0 bridgehead atoms. The largest absolute Gasteiger partial charge is 0.478 e. The summed E-state index contributed by atoms with van der Waals surface area (Å²) in [4.78, 5) is 21.6. The zero-order valence-corrected chi connectivity index (χ0v) is 13.8. The number of carbonyl (C=O) groups is 2. The molecule has 0 amide bonds. The van der Waals surface area contributed by atoms with Crippen molar-refractivity contribution < 1.29 is 32.8 Å². The van der Waals surface area contributed by atoms with Crippen molar-refractivity contribution in [2.75, 3.05) is 0 Å². The third-order valence-electron chi connectivity index (χ3n) is 3.56. The van der Waals surface area contributed by atoms with Gasteiger partial charge >= 0.3 is 11.9 Å². The van der Waals surface area contributed by atoms with Crippen molar-refractivity contribution in [3.8, 4) is 17.2 Å². The standard InChI is InChI=1S/C16H12N2O7S/c17-6-8-1-2-11(10(3-8)7-18)9-4-12(15(19)20)14(26(23,24)25)13(5-9)16(21)22/h1-5H,6,17H2,(H,19,20)(H,21,22)(H,23,24,25). The third-order valence-corrected chi connectivity index (χ3v) is 4.51. The maximum absolute atomic E-state index is 11.5. The molecule has 10 heteroatoms. The molecule has 0 aliphatic carbocycles. The molecule has 0 aliphatic heterocycles. The van der Waals surface area contributed by atoms with E-state index in [0.29, 0.717) is 5.56 Å². The molecule has 0 saturated heterocycles. The summed E-state index contributed by atoms with van der Waals surface area (Å²) in [6, 6.07) is 8.12. The van der Waals surface area contributed by atoms with Crippen LogP contribution in [0.2, 0.25) is 0 Å². The first-order chi connectivity index (χ1) is 12.1. The zero-order chi connectivity index (χ0) is 19.6. The van der Waals surface area contributed by atoms with E-state index in [1.165, 1.54) is 12.1 Å². The Hall–Kier alpha value is -3.26. The molecule has 2 aromatic rings. The summed E-state index contributed by atoms with van der Waals surface area (Å²) in [7, 11) is -5.12. The van der Waals surface area contributed by atoms with E-state index in [4.69, 9.17) is 5.73 Å². The first kappa shape index (κ1) is 19.1. The number of nitrogens with zero attached hydrogens (tertiary/aromatic N) is 1. The summed E-state index contributed by atoms with van der Waals surface area (Å²) in [6.45, 7) is 0.150. The Morgan fingerprint density at radius 1 is 1.08 bits per heavy atom. The molecule has 0 saturated carbocycles. The van der Waals surface area contributed by atoms with Crippen LogP contribution >= 0.6 is 0 Å². The minimum absolute atomic E-state index is 0.00711. The summed E-state index contributed by atoms with van der Waals surface area (Å²) in [5, 5.41) is 27.8. The Balaban J connectivity index is 2.92. The average Bonchev–Trinajstić information content (AvgIpc) is 2.58. The topological polar surface area (TPSA) is 179 Å². The summed E-state index contributed by atoms with van der Waals surface area (Å²) < 4.78 is 32.3. The normalized spacial score (nSPS) is 11.0. The van der Waals surface area contributed by atoms with Gasteiger partial charge in [-0.25, -0.2) is 9.59 Å². The molecule has 0 fully saturated rings. The lowest BCUT2D eigenvalue weighted by molar-refractivity contribution is 0.0688. The molecule has 0 unspecified atom stereocenters. The van der Waals surface area contributed by atoms with Gasteiger partial charge in [0.2, 0.25) is 0 Å². The van der Waals surface area contributed by atoms with E-state index in [1.807, 2.05) is 6.07 Å². The van der Waals surface area contributed by atoms with E-state index in [1.54, 1.807) is 6.07 Å². The zero-order valence-electron chi connectivity index (χ0n) is 13.0. The summed E-state index contributed by atoms with van der Waals surface area (Å²) in [5.74, 6) is -3.50. The number of hydrogen-bond donors (Lipinski definition) is 4. The van der Waals surface area contributed by atoms with Crippen molar-refractivity contribution in [1.82, 2.24) is 0 Å². The van der Waals surface area contributed by atoms with Crippen LogP contribution < -0.4 is 5.73 Å². The summed E-state index contributed by atoms with van der Waals surface area (Å²) in [5.41, 5.74) is 4.56. The number of carboxylic acid groups (broad SMARTS) is 2. The van der Waals surface area contributed by atoms with Crippen LogP contribution in [0.3, 0.4) is 0 Å². The van der Waals surface area contributed by atoms with Gasteiger partial charge in [-0.15, -0.1) is 0 Å². The van der Waals surface area contributed by atoms with Crippen molar-refractivity contribution in [3.63, 3.8) is 0 Å². The van der Waals surface area contributed by atoms with Gasteiger partial charge in [0.1, 0.15) is 4.90 Å². The smallest absolute Gasteiger partial charge is 0.337 e. The molecule has 0 radical (unpaired) electrons. The van der Waals surface area contributed by atoms with Gasteiger partial charge in [-0.3, -0.25) is 4.55 Å². The predicted octanol–water partition coefficient (Wildman–Crippen LogP) is 1.33. The molecule has 5 N–H and O–H groups in total.